The van der Waals surface area contributed by atoms with Crippen molar-refractivity contribution in [3.63, 3.8) is 0 Å². The van der Waals surface area contributed by atoms with Crippen LogP contribution in [-0.4, -0.2) is 21.4 Å². The smallest absolute Gasteiger partial charge is 0.265 e. The number of thiophene rings is 1. The van der Waals surface area contributed by atoms with Crippen LogP contribution in [0, 0.1) is 6.92 Å². The van der Waals surface area contributed by atoms with Gasteiger partial charge in [-0.3, -0.25) is 9.52 Å². The summed E-state index contributed by atoms with van der Waals surface area (Å²) < 4.78 is 33.7. The van der Waals surface area contributed by atoms with Gasteiger partial charge in [-0.15, -0.1) is 11.3 Å². The molecule has 6 nitrogen and oxygen atoms in total. The van der Waals surface area contributed by atoms with Gasteiger partial charge < -0.3 is 10.1 Å². The average molecular weight is 445 g/mol. The summed E-state index contributed by atoms with van der Waals surface area (Å²) >= 11 is 1.57. The van der Waals surface area contributed by atoms with E-state index in [1.807, 2.05) is 43.5 Å². The molecule has 2 aromatic carbocycles. The number of carbonyl (C=O) groups is 1. The number of methoxy groups -OCH3 is 1. The Bertz CT molecular complexity index is 1110. The number of ether oxygens (including phenoxy) is 1. The summed E-state index contributed by atoms with van der Waals surface area (Å²) in [4.78, 5) is 13.8. The summed E-state index contributed by atoms with van der Waals surface area (Å²) in [5.41, 5.74) is 1.70. The average Bonchev–Trinajstić information content (AvgIpc) is 3.27. The summed E-state index contributed by atoms with van der Waals surface area (Å²) in [7, 11) is -2.56. The lowest BCUT2D eigenvalue weighted by Gasteiger charge is -2.17. The van der Waals surface area contributed by atoms with Crippen LogP contribution in [0.2, 0.25) is 0 Å². The van der Waals surface area contributed by atoms with E-state index >= 15 is 0 Å². The summed E-state index contributed by atoms with van der Waals surface area (Å²) in [6, 6.07) is 15.1. The largest absolute Gasteiger partial charge is 0.495 e. The van der Waals surface area contributed by atoms with Gasteiger partial charge in [-0.25, -0.2) is 8.42 Å². The molecule has 0 saturated carbocycles. The Labute approximate surface area is 181 Å². The quantitative estimate of drug-likeness (QED) is 0.525. The number of hydrogen-bond donors (Lipinski definition) is 2. The number of amides is 1. The second-order valence-corrected chi connectivity index (χ2v) is 9.42. The van der Waals surface area contributed by atoms with Gasteiger partial charge in [-0.2, -0.15) is 0 Å². The van der Waals surface area contributed by atoms with E-state index in [-0.39, 0.29) is 28.2 Å². The third kappa shape index (κ3) is 5.01. The highest BCUT2D eigenvalue weighted by atomic mass is 32.2. The normalized spacial score (nSPS) is 12.2. The maximum Gasteiger partial charge on any atom is 0.265 e. The van der Waals surface area contributed by atoms with Gasteiger partial charge in [0.2, 0.25) is 0 Å². The van der Waals surface area contributed by atoms with Gasteiger partial charge in [0.05, 0.1) is 13.2 Å². The first-order valence-electron chi connectivity index (χ1n) is 9.46. The van der Waals surface area contributed by atoms with Crippen molar-refractivity contribution >= 4 is 33.0 Å². The lowest BCUT2D eigenvalue weighted by atomic mass is 10.1. The van der Waals surface area contributed by atoms with Gasteiger partial charge in [-0.05, 0) is 55.1 Å². The maximum atomic E-state index is 13.0. The number of rotatable bonds is 8. The number of anilines is 1. The van der Waals surface area contributed by atoms with Crippen LogP contribution < -0.4 is 14.8 Å². The molecule has 0 aliphatic heterocycles. The molecule has 0 fully saturated rings. The molecule has 0 aliphatic rings. The number of carbonyl (C=O) groups excluding carboxylic acids is 1. The van der Waals surface area contributed by atoms with E-state index in [4.69, 9.17) is 4.74 Å². The van der Waals surface area contributed by atoms with Gasteiger partial charge >= 0.3 is 0 Å². The molecule has 0 aliphatic carbocycles. The first kappa shape index (κ1) is 21.9. The van der Waals surface area contributed by atoms with Crippen LogP contribution >= 0.6 is 11.3 Å². The molecular formula is C22H24N2O4S2. The Kier molecular flexibility index (Phi) is 6.79. The Balaban J connectivity index is 1.89. The number of sulfonamides is 1. The molecule has 0 spiro atoms. The second-order valence-electron chi connectivity index (χ2n) is 6.79. The molecule has 8 heteroatoms. The van der Waals surface area contributed by atoms with E-state index in [2.05, 4.69) is 10.0 Å². The zero-order chi connectivity index (χ0) is 21.7. The standard InChI is InChI=1S/C22H24N2O4S2/c1-4-18(20-6-5-13-29-20)23-22(25)16-9-12-19(28-3)21(14-16)30(26,27)24-17-10-7-15(2)8-11-17/h5-14,18,24H,4H2,1-3H3,(H,23,25). The van der Waals surface area contributed by atoms with Crippen molar-refractivity contribution < 1.29 is 17.9 Å². The molecule has 1 unspecified atom stereocenters. The molecule has 158 valence electrons. The van der Waals surface area contributed by atoms with Crippen molar-refractivity contribution in [1.82, 2.24) is 5.32 Å². The van der Waals surface area contributed by atoms with E-state index < -0.39 is 10.0 Å². The van der Waals surface area contributed by atoms with E-state index in [1.165, 1.54) is 19.2 Å². The number of hydrogen-bond acceptors (Lipinski definition) is 5. The monoisotopic (exact) mass is 444 g/mol. The molecule has 1 aromatic heterocycles. The molecule has 1 atom stereocenters. The fraction of sp³-hybridized carbons (Fsp3) is 0.227. The van der Waals surface area contributed by atoms with Crippen molar-refractivity contribution in [3.8, 4) is 5.75 Å². The fourth-order valence-electron chi connectivity index (χ4n) is 2.97. The molecule has 1 amide bonds. The van der Waals surface area contributed by atoms with Crippen LogP contribution in [0.15, 0.2) is 64.9 Å². The molecular weight excluding hydrogens is 420 g/mol. The number of nitrogens with one attached hydrogen (secondary N) is 2. The van der Waals surface area contributed by atoms with Crippen LogP contribution in [0.1, 0.15) is 40.2 Å². The first-order valence-corrected chi connectivity index (χ1v) is 11.8. The molecule has 2 N–H and O–H groups in total. The Morgan fingerprint density at radius 1 is 1.13 bits per heavy atom. The SMILES string of the molecule is CCC(NC(=O)c1ccc(OC)c(S(=O)(=O)Nc2ccc(C)cc2)c1)c1cccs1. The van der Waals surface area contributed by atoms with Crippen molar-refractivity contribution in [2.45, 2.75) is 31.2 Å². The van der Waals surface area contributed by atoms with E-state index in [0.29, 0.717) is 5.69 Å². The molecule has 0 bridgehead atoms. The van der Waals surface area contributed by atoms with Gasteiger partial charge in [-0.1, -0.05) is 30.7 Å². The fourth-order valence-corrected chi connectivity index (χ4v) is 5.08. The summed E-state index contributed by atoms with van der Waals surface area (Å²) in [5, 5.41) is 4.93. The van der Waals surface area contributed by atoms with Crippen LogP contribution in [0.5, 0.6) is 5.75 Å². The van der Waals surface area contributed by atoms with Gasteiger partial charge in [0, 0.05) is 16.1 Å². The molecule has 0 radical (unpaired) electrons. The summed E-state index contributed by atoms with van der Waals surface area (Å²) in [6.45, 7) is 3.91. The van der Waals surface area contributed by atoms with Gasteiger partial charge in [0.15, 0.2) is 0 Å². The third-order valence-corrected chi connectivity index (χ3v) is 7.01. The molecule has 30 heavy (non-hydrogen) atoms. The van der Waals surface area contributed by atoms with E-state index in [1.54, 1.807) is 29.5 Å². The Hall–Kier alpha value is -2.84. The van der Waals surface area contributed by atoms with E-state index in [0.717, 1.165) is 16.9 Å². The zero-order valence-corrected chi connectivity index (χ0v) is 18.6. The summed E-state index contributed by atoms with van der Waals surface area (Å²) in [6.07, 6.45) is 0.725. The van der Waals surface area contributed by atoms with Gasteiger partial charge in [0.1, 0.15) is 10.6 Å². The predicted molar refractivity (Wildman–Crippen MR) is 120 cm³/mol. The lowest BCUT2D eigenvalue weighted by molar-refractivity contribution is 0.0936. The minimum atomic E-state index is -3.96. The predicted octanol–water partition coefficient (Wildman–Crippen LogP) is 4.75. The molecule has 1 heterocycles. The van der Waals surface area contributed by atoms with Crippen molar-refractivity contribution in [2.24, 2.45) is 0 Å². The highest BCUT2D eigenvalue weighted by Gasteiger charge is 2.23. The minimum Gasteiger partial charge on any atom is -0.495 e. The lowest BCUT2D eigenvalue weighted by Crippen LogP contribution is -2.28. The van der Waals surface area contributed by atoms with Crippen LogP contribution in [-0.2, 0) is 10.0 Å². The molecule has 3 rings (SSSR count). The minimum absolute atomic E-state index is 0.0950. The van der Waals surface area contributed by atoms with E-state index in [9.17, 15) is 13.2 Å². The Morgan fingerprint density at radius 2 is 1.87 bits per heavy atom. The van der Waals surface area contributed by atoms with Crippen molar-refractivity contribution in [2.75, 3.05) is 11.8 Å². The topological polar surface area (TPSA) is 84.5 Å². The second kappa shape index (κ2) is 9.32. The molecule has 3 aromatic rings. The zero-order valence-electron chi connectivity index (χ0n) is 17.0. The van der Waals surface area contributed by atoms with Crippen LogP contribution in [0.25, 0.3) is 0 Å². The highest BCUT2D eigenvalue weighted by Crippen LogP contribution is 2.28. The van der Waals surface area contributed by atoms with Crippen LogP contribution in [0.3, 0.4) is 0 Å². The number of benzene rings is 2. The first-order chi connectivity index (χ1) is 14.3. The highest BCUT2D eigenvalue weighted by molar-refractivity contribution is 7.92. The van der Waals surface area contributed by atoms with Crippen LogP contribution in [0.4, 0.5) is 5.69 Å². The molecule has 0 saturated heterocycles. The van der Waals surface area contributed by atoms with Crippen molar-refractivity contribution in [1.29, 1.82) is 0 Å². The number of aryl methyl sites for hydroxylation is 1. The van der Waals surface area contributed by atoms with Gasteiger partial charge in [0.25, 0.3) is 15.9 Å². The maximum absolute atomic E-state index is 13.0. The third-order valence-electron chi connectivity index (χ3n) is 4.62. The summed E-state index contributed by atoms with van der Waals surface area (Å²) in [5.74, 6) is -0.179. The van der Waals surface area contributed by atoms with Crippen molar-refractivity contribution in [3.05, 3.63) is 76.0 Å². The Morgan fingerprint density at radius 3 is 2.47 bits per heavy atom.